The van der Waals surface area contributed by atoms with Crippen LogP contribution in [0.5, 0.6) is 0 Å². The number of nitriles is 1. The number of nitrogens with one attached hydrogen (secondary N) is 1. The van der Waals surface area contributed by atoms with Gasteiger partial charge in [0, 0.05) is 35.8 Å². The number of fused-ring (bicyclic) bond motifs is 1. The Morgan fingerprint density at radius 1 is 1.35 bits per heavy atom. The van der Waals surface area contributed by atoms with E-state index in [2.05, 4.69) is 26.4 Å². The summed E-state index contributed by atoms with van der Waals surface area (Å²) in [7, 11) is 0. The maximum Gasteiger partial charge on any atom is 0.358 e. The molecule has 10 nitrogen and oxygen atoms in total. The van der Waals surface area contributed by atoms with Gasteiger partial charge in [0.05, 0.1) is 23.5 Å². The first-order valence-corrected chi connectivity index (χ1v) is 13.1. The minimum Gasteiger partial charge on any atom is -0.461 e. The standard InChI is InChI=1S/C24H22Cl2N8O2S/c1-2-36-23(35)17-9-19-22(30-18(12-34(19)32-17)15-6-5-13(25)8-16(15)26)33-7-3-4-14(11-33)29-24-31-21(28)20(10-27)37-24/h5-6,8-9,12,14H,2-4,7,11,28H2,1H3,(H,29,31). The van der Waals surface area contributed by atoms with E-state index < -0.39 is 5.97 Å². The van der Waals surface area contributed by atoms with Crippen LogP contribution in [0.25, 0.3) is 16.8 Å². The SMILES string of the molecule is CCOC(=O)c1cc2c(N3CCCC(Nc4nc(N)c(C#N)s4)C3)nc(-c3ccc(Cl)cc3Cl)cn2n1. The number of benzene rings is 1. The third-order valence-electron chi connectivity index (χ3n) is 5.93. The van der Waals surface area contributed by atoms with Crippen molar-refractivity contribution >= 4 is 62.8 Å². The molecule has 4 aromatic rings. The normalized spacial score (nSPS) is 15.5. The summed E-state index contributed by atoms with van der Waals surface area (Å²) in [6.07, 6.45) is 3.53. The van der Waals surface area contributed by atoms with Gasteiger partial charge in [0.25, 0.3) is 0 Å². The van der Waals surface area contributed by atoms with Crippen LogP contribution in [0, 0.1) is 11.3 Å². The van der Waals surface area contributed by atoms with Crippen LogP contribution in [0.4, 0.5) is 16.8 Å². The second-order valence-electron chi connectivity index (χ2n) is 8.43. The summed E-state index contributed by atoms with van der Waals surface area (Å²) in [5.74, 6) is 0.384. The number of ether oxygens (including phenoxy) is 1. The van der Waals surface area contributed by atoms with Crippen molar-refractivity contribution in [1.82, 2.24) is 19.6 Å². The Balaban J connectivity index is 1.53. The van der Waals surface area contributed by atoms with Crippen LogP contribution in [0.1, 0.15) is 35.1 Å². The lowest BCUT2D eigenvalue weighted by Gasteiger charge is -2.34. The second kappa shape index (κ2) is 10.4. The largest absolute Gasteiger partial charge is 0.461 e. The van der Waals surface area contributed by atoms with Crippen molar-refractivity contribution in [1.29, 1.82) is 5.26 Å². The zero-order chi connectivity index (χ0) is 26.1. The molecule has 1 aromatic carbocycles. The number of esters is 1. The van der Waals surface area contributed by atoms with Gasteiger partial charge in [0.1, 0.15) is 16.5 Å². The number of hydrogen-bond donors (Lipinski definition) is 2. The summed E-state index contributed by atoms with van der Waals surface area (Å²) in [4.78, 5) is 24.2. The van der Waals surface area contributed by atoms with Gasteiger partial charge in [-0.3, -0.25) is 0 Å². The predicted molar refractivity (Wildman–Crippen MR) is 144 cm³/mol. The van der Waals surface area contributed by atoms with Gasteiger partial charge in [-0.15, -0.1) is 0 Å². The third kappa shape index (κ3) is 5.13. The van der Waals surface area contributed by atoms with E-state index in [1.165, 1.54) is 11.3 Å². The first kappa shape index (κ1) is 25.1. The molecule has 1 fully saturated rings. The van der Waals surface area contributed by atoms with Gasteiger partial charge in [0.15, 0.2) is 22.5 Å². The average molecular weight is 557 g/mol. The summed E-state index contributed by atoms with van der Waals surface area (Å²) < 4.78 is 6.79. The van der Waals surface area contributed by atoms with E-state index in [0.717, 1.165) is 19.4 Å². The first-order valence-electron chi connectivity index (χ1n) is 11.6. The van der Waals surface area contributed by atoms with Crippen LogP contribution >= 0.6 is 34.5 Å². The molecule has 3 aromatic heterocycles. The first-order chi connectivity index (χ1) is 17.9. The summed E-state index contributed by atoms with van der Waals surface area (Å²) >= 11 is 13.8. The molecular weight excluding hydrogens is 535 g/mol. The molecule has 1 atom stereocenters. The smallest absolute Gasteiger partial charge is 0.358 e. The highest BCUT2D eigenvalue weighted by Gasteiger charge is 2.26. The quantitative estimate of drug-likeness (QED) is 0.318. The van der Waals surface area contributed by atoms with E-state index >= 15 is 0 Å². The summed E-state index contributed by atoms with van der Waals surface area (Å²) in [6.45, 7) is 3.36. The Labute approximate surface area is 226 Å². The molecule has 0 aliphatic carbocycles. The Kier molecular flexibility index (Phi) is 7.06. The van der Waals surface area contributed by atoms with Gasteiger partial charge in [-0.25, -0.2) is 19.3 Å². The topological polar surface area (TPSA) is 134 Å². The van der Waals surface area contributed by atoms with Crippen LogP contribution in [-0.4, -0.2) is 51.3 Å². The minimum absolute atomic E-state index is 0.0444. The Morgan fingerprint density at radius 2 is 2.19 bits per heavy atom. The molecule has 190 valence electrons. The number of nitrogen functional groups attached to an aromatic ring is 1. The molecule has 1 unspecified atom stereocenters. The van der Waals surface area contributed by atoms with Crippen LogP contribution in [0.15, 0.2) is 30.5 Å². The molecular formula is C24H22Cl2N8O2S. The molecule has 13 heteroatoms. The van der Waals surface area contributed by atoms with E-state index in [1.807, 2.05) is 0 Å². The number of thiazole rings is 1. The number of anilines is 3. The molecule has 1 saturated heterocycles. The molecule has 0 spiro atoms. The van der Waals surface area contributed by atoms with Gasteiger partial charge >= 0.3 is 5.97 Å². The number of nitrogens with zero attached hydrogens (tertiary/aromatic N) is 6. The number of carbonyl (C=O) groups is 1. The average Bonchev–Trinajstić information content (AvgIpc) is 3.46. The fraction of sp³-hybridized carbons (Fsp3) is 0.292. The van der Waals surface area contributed by atoms with E-state index in [0.29, 0.717) is 49.2 Å². The lowest BCUT2D eigenvalue weighted by Crippen LogP contribution is -2.42. The summed E-state index contributed by atoms with van der Waals surface area (Å²) in [5.41, 5.74) is 7.97. The molecule has 5 rings (SSSR count). The summed E-state index contributed by atoms with van der Waals surface area (Å²) in [6, 6.07) is 9.00. The van der Waals surface area contributed by atoms with Gasteiger partial charge in [0.2, 0.25) is 0 Å². The number of aromatic nitrogens is 4. The third-order valence-corrected chi connectivity index (χ3v) is 7.39. The number of nitrogens with two attached hydrogens (primary N) is 1. The maximum atomic E-state index is 12.4. The molecule has 0 saturated carbocycles. The number of hydrogen-bond acceptors (Lipinski definition) is 10. The van der Waals surface area contributed by atoms with Crippen molar-refractivity contribution in [3.05, 3.63) is 51.1 Å². The van der Waals surface area contributed by atoms with Gasteiger partial charge in [-0.2, -0.15) is 10.4 Å². The molecule has 1 aliphatic rings. The van der Waals surface area contributed by atoms with Crippen molar-refractivity contribution in [3.63, 3.8) is 0 Å². The zero-order valence-electron chi connectivity index (χ0n) is 19.7. The van der Waals surface area contributed by atoms with Crippen molar-refractivity contribution in [3.8, 4) is 17.3 Å². The monoisotopic (exact) mass is 556 g/mol. The molecule has 0 radical (unpaired) electrons. The van der Waals surface area contributed by atoms with E-state index in [1.54, 1.807) is 41.9 Å². The number of halogens is 2. The fourth-order valence-corrected chi connectivity index (χ4v) is 5.54. The number of carbonyl (C=O) groups excluding carboxylic acids is 1. The second-order valence-corrected chi connectivity index (χ2v) is 10.3. The molecule has 3 N–H and O–H groups in total. The molecule has 1 aliphatic heterocycles. The van der Waals surface area contributed by atoms with Crippen molar-refractivity contribution in [2.75, 3.05) is 35.6 Å². The summed E-state index contributed by atoms with van der Waals surface area (Å²) in [5, 5.41) is 18.6. The van der Waals surface area contributed by atoms with Gasteiger partial charge in [-0.05, 0) is 38.0 Å². The van der Waals surface area contributed by atoms with E-state index in [9.17, 15) is 10.1 Å². The highest BCUT2D eigenvalue weighted by molar-refractivity contribution is 7.16. The van der Waals surface area contributed by atoms with Crippen LogP contribution in [-0.2, 0) is 4.74 Å². The lowest BCUT2D eigenvalue weighted by atomic mass is 10.1. The Hall–Kier alpha value is -3.59. The van der Waals surface area contributed by atoms with Crippen LogP contribution in [0.2, 0.25) is 10.0 Å². The Bertz CT molecular complexity index is 1530. The van der Waals surface area contributed by atoms with Crippen molar-refractivity contribution < 1.29 is 9.53 Å². The Morgan fingerprint density at radius 3 is 2.92 bits per heavy atom. The van der Waals surface area contributed by atoms with E-state index in [-0.39, 0.29) is 24.2 Å². The van der Waals surface area contributed by atoms with Gasteiger partial charge in [-0.1, -0.05) is 34.5 Å². The predicted octanol–water partition coefficient (Wildman–Crippen LogP) is 4.87. The van der Waals surface area contributed by atoms with Crippen LogP contribution < -0.4 is 16.0 Å². The zero-order valence-corrected chi connectivity index (χ0v) is 22.1. The van der Waals surface area contributed by atoms with E-state index in [4.69, 9.17) is 38.7 Å². The van der Waals surface area contributed by atoms with Gasteiger partial charge < -0.3 is 20.7 Å². The fourth-order valence-electron chi connectivity index (χ4n) is 4.28. The molecule has 37 heavy (non-hydrogen) atoms. The highest BCUT2D eigenvalue weighted by atomic mass is 35.5. The lowest BCUT2D eigenvalue weighted by molar-refractivity contribution is 0.0519. The minimum atomic E-state index is -0.504. The molecule has 0 amide bonds. The number of piperidine rings is 1. The van der Waals surface area contributed by atoms with Crippen molar-refractivity contribution in [2.24, 2.45) is 0 Å². The maximum absolute atomic E-state index is 12.4. The molecule has 4 heterocycles. The van der Waals surface area contributed by atoms with Crippen molar-refractivity contribution in [2.45, 2.75) is 25.8 Å². The molecule has 0 bridgehead atoms. The highest BCUT2D eigenvalue weighted by Crippen LogP contribution is 2.33. The number of rotatable bonds is 6. The van der Waals surface area contributed by atoms with Crippen LogP contribution in [0.3, 0.4) is 0 Å².